The van der Waals surface area contributed by atoms with Crippen molar-refractivity contribution in [2.45, 2.75) is 45.3 Å². The first-order valence-corrected chi connectivity index (χ1v) is 12.0. The number of nitrogens with zero attached hydrogens (tertiary/aromatic N) is 2. The number of carbonyl (C=O) groups excluding carboxylic acids is 1. The number of carbonyl (C=O) groups is 1. The molecular formula is C28H27ClF3N3O. The summed E-state index contributed by atoms with van der Waals surface area (Å²) in [6.07, 6.45) is -1.00. The van der Waals surface area contributed by atoms with Crippen LogP contribution in [0.25, 0.3) is 10.9 Å². The molecule has 0 fully saturated rings. The number of nitrogens with one attached hydrogen (secondary N) is 1. The average molecular weight is 514 g/mol. The molecule has 0 aliphatic carbocycles. The third-order valence-corrected chi connectivity index (χ3v) is 6.49. The molecule has 0 saturated heterocycles. The van der Waals surface area contributed by atoms with Crippen molar-refractivity contribution in [1.82, 2.24) is 14.9 Å². The highest BCUT2D eigenvalue weighted by Crippen LogP contribution is 2.35. The summed E-state index contributed by atoms with van der Waals surface area (Å²) in [6.45, 7) is 6.88. The monoisotopic (exact) mass is 513 g/mol. The van der Waals surface area contributed by atoms with Crippen molar-refractivity contribution in [3.8, 4) is 0 Å². The summed E-state index contributed by atoms with van der Waals surface area (Å²) in [6, 6.07) is 15.6. The van der Waals surface area contributed by atoms with Crippen LogP contribution >= 0.6 is 11.6 Å². The van der Waals surface area contributed by atoms with Gasteiger partial charge in [0.25, 0.3) is 5.91 Å². The van der Waals surface area contributed by atoms with Gasteiger partial charge in [-0.25, -0.2) is 4.98 Å². The molecule has 0 atom stereocenters. The number of amides is 1. The van der Waals surface area contributed by atoms with E-state index in [1.165, 1.54) is 11.6 Å². The van der Waals surface area contributed by atoms with Gasteiger partial charge < -0.3 is 9.88 Å². The lowest BCUT2D eigenvalue weighted by atomic mass is 9.87. The summed E-state index contributed by atoms with van der Waals surface area (Å²) < 4.78 is 40.0. The van der Waals surface area contributed by atoms with Crippen LogP contribution in [0.15, 0.2) is 67.0 Å². The van der Waals surface area contributed by atoms with Crippen LogP contribution in [-0.2, 0) is 24.6 Å². The van der Waals surface area contributed by atoms with Gasteiger partial charge in [-0.3, -0.25) is 4.79 Å². The van der Waals surface area contributed by atoms with E-state index in [0.29, 0.717) is 17.6 Å². The fraction of sp³-hybridized carbons (Fsp3) is 0.286. The SMILES string of the molecule is CC(C)(C)c1ccc(CN(CCc2ccc(Cl)c(C(F)(F)F)c2)C(=O)c2nccc3cc[nH]c23)cc1. The van der Waals surface area contributed by atoms with Gasteiger partial charge in [0.2, 0.25) is 0 Å². The molecule has 0 aliphatic rings. The van der Waals surface area contributed by atoms with Gasteiger partial charge in [0.15, 0.2) is 5.69 Å². The minimum atomic E-state index is -4.55. The van der Waals surface area contributed by atoms with Crippen LogP contribution in [0, 0.1) is 0 Å². The molecule has 36 heavy (non-hydrogen) atoms. The summed E-state index contributed by atoms with van der Waals surface area (Å²) >= 11 is 5.77. The van der Waals surface area contributed by atoms with Crippen LogP contribution in [0.1, 0.15) is 53.5 Å². The first-order valence-electron chi connectivity index (χ1n) is 11.6. The minimum absolute atomic E-state index is 0.00794. The topological polar surface area (TPSA) is 49.0 Å². The van der Waals surface area contributed by atoms with Gasteiger partial charge in [-0.2, -0.15) is 13.2 Å². The molecule has 2 heterocycles. The maximum atomic E-state index is 13.6. The predicted molar refractivity (Wildman–Crippen MR) is 136 cm³/mol. The normalized spacial score (nSPS) is 12.2. The van der Waals surface area contributed by atoms with Crippen LogP contribution in [0.2, 0.25) is 5.02 Å². The van der Waals surface area contributed by atoms with Crippen LogP contribution in [-0.4, -0.2) is 27.3 Å². The standard InChI is InChI=1S/C28H27ClF3N3O/c1-27(2,3)21-7-4-19(5-8-21)17-35(26(36)25-24-20(10-13-33-24)11-14-34-25)15-12-18-6-9-23(29)22(16-18)28(30,31)32/h4-11,13-14,16,33H,12,15,17H2,1-3H3. The molecule has 0 unspecified atom stereocenters. The molecule has 2 aromatic carbocycles. The van der Waals surface area contributed by atoms with Gasteiger partial charge in [-0.15, -0.1) is 0 Å². The molecule has 2 aromatic heterocycles. The summed E-state index contributed by atoms with van der Waals surface area (Å²) in [4.78, 5) is 22.6. The van der Waals surface area contributed by atoms with E-state index < -0.39 is 11.7 Å². The average Bonchev–Trinajstić information content (AvgIpc) is 3.30. The Morgan fingerprint density at radius 3 is 2.36 bits per heavy atom. The van der Waals surface area contributed by atoms with Gasteiger partial charge in [0.05, 0.1) is 16.1 Å². The number of hydrogen-bond acceptors (Lipinski definition) is 2. The number of halogens is 4. The van der Waals surface area contributed by atoms with E-state index in [9.17, 15) is 18.0 Å². The van der Waals surface area contributed by atoms with E-state index in [0.717, 1.165) is 17.0 Å². The van der Waals surface area contributed by atoms with E-state index in [1.54, 1.807) is 23.4 Å². The number of aromatic nitrogens is 2. The fourth-order valence-corrected chi connectivity index (χ4v) is 4.31. The zero-order valence-corrected chi connectivity index (χ0v) is 21.0. The lowest BCUT2D eigenvalue weighted by Gasteiger charge is -2.24. The third kappa shape index (κ3) is 5.73. The van der Waals surface area contributed by atoms with Gasteiger partial charge in [-0.05, 0) is 52.8 Å². The van der Waals surface area contributed by atoms with Gasteiger partial charge in [-0.1, -0.05) is 62.7 Å². The number of rotatable bonds is 6. The van der Waals surface area contributed by atoms with Gasteiger partial charge >= 0.3 is 6.18 Å². The van der Waals surface area contributed by atoms with E-state index >= 15 is 0 Å². The fourth-order valence-electron chi connectivity index (χ4n) is 4.09. The lowest BCUT2D eigenvalue weighted by Crippen LogP contribution is -2.33. The van der Waals surface area contributed by atoms with Crippen molar-refractivity contribution in [3.05, 3.63) is 100.0 Å². The number of aromatic amines is 1. The minimum Gasteiger partial charge on any atom is -0.359 e. The summed E-state index contributed by atoms with van der Waals surface area (Å²) in [5, 5.41) is 0.510. The molecule has 1 amide bonds. The van der Waals surface area contributed by atoms with E-state index in [1.807, 2.05) is 36.4 Å². The Balaban J connectivity index is 1.63. The Bertz CT molecular complexity index is 1370. The number of pyridine rings is 1. The highest BCUT2D eigenvalue weighted by atomic mass is 35.5. The number of fused-ring (bicyclic) bond motifs is 1. The smallest absolute Gasteiger partial charge is 0.359 e. The first-order chi connectivity index (χ1) is 16.9. The van der Waals surface area contributed by atoms with Crippen LogP contribution < -0.4 is 0 Å². The second-order valence-electron chi connectivity index (χ2n) is 9.84. The second kappa shape index (κ2) is 9.97. The molecule has 4 rings (SSSR count). The maximum absolute atomic E-state index is 13.6. The molecule has 188 valence electrons. The summed E-state index contributed by atoms with van der Waals surface area (Å²) in [5.41, 5.74) is 2.54. The first kappa shape index (κ1) is 25.8. The molecule has 0 radical (unpaired) electrons. The molecule has 0 saturated carbocycles. The largest absolute Gasteiger partial charge is 0.417 e. The Hall–Kier alpha value is -3.32. The quantitative estimate of drug-likeness (QED) is 0.291. The third-order valence-electron chi connectivity index (χ3n) is 6.16. The van der Waals surface area contributed by atoms with Crippen molar-refractivity contribution in [3.63, 3.8) is 0 Å². The number of benzene rings is 2. The number of H-pyrrole nitrogens is 1. The van der Waals surface area contributed by atoms with Crippen LogP contribution in [0.5, 0.6) is 0 Å². The lowest BCUT2D eigenvalue weighted by molar-refractivity contribution is -0.137. The van der Waals surface area contributed by atoms with E-state index in [2.05, 4.69) is 30.7 Å². The predicted octanol–water partition coefficient (Wildman–Crippen LogP) is 7.42. The van der Waals surface area contributed by atoms with Crippen molar-refractivity contribution in [1.29, 1.82) is 0 Å². The van der Waals surface area contributed by atoms with Crippen molar-refractivity contribution >= 4 is 28.4 Å². The van der Waals surface area contributed by atoms with Crippen molar-refractivity contribution in [2.75, 3.05) is 6.54 Å². The zero-order chi connectivity index (χ0) is 26.1. The Morgan fingerprint density at radius 1 is 1.00 bits per heavy atom. The molecule has 0 bridgehead atoms. The highest BCUT2D eigenvalue weighted by Gasteiger charge is 2.33. The Labute approximate surface area is 213 Å². The Morgan fingerprint density at radius 2 is 1.69 bits per heavy atom. The Kier molecular flexibility index (Phi) is 7.14. The summed E-state index contributed by atoms with van der Waals surface area (Å²) in [7, 11) is 0. The second-order valence-corrected chi connectivity index (χ2v) is 10.2. The van der Waals surface area contributed by atoms with Crippen LogP contribution in [0.4, 0.5) is 13.2 Å². The zero-order valence-electron chi connectivity index (χ0n) is 20.3. The van der Waals surface area contributed by atoms with E-state index in [4.69, 9.17) is 11.6 Å². The van der Waals surface area contributed by atoms with Crippen LogP contribution in [0.3, 0.4) is 0 Å². The van der Waals surface area contributed by atoms with Crippen molar-refractivity contribution in [2.24, 2.45) is 0 Å². The van der Waals surface area contributed by atoms with E-state index in [-0.39, 0.29) is 35.0 Å². The molecule has 4 aromatic rings. The highest BCUT2D eigenvalue weighted by molar-refractivity contribution is 6.31. The molecule has 8 heteroatoms. The summed E-state index contributed by atoms with van der Waals surface area (Å²) in [5.74, 6) is -0.298. The molecule has 0 aliphatic heterocycles. The van der Waals surface area contributed by atoms with Crippen molar-refractivity contribution < 1.29 is 18.0 Å². The maximum Gasteiger partial charge on any atom is 0.417 e. The molecular weight excluding hydrogens is 487 g/mol. The molecule has 1 N–H and O–H groups in total. The van der Waals surface area contributed by atoms with Gasteiger partial charge in [0.1, 0.15) is 0 Å². The number of hydrogen-bond donors (Lipinski definition) is 1. The molecule has 0 spiro atoms. The van der Waals surface area contributed by atoms with Gasteiger partial charge in [0, 0.05) is 30.9 Å². The number of alkyl halides is 3. The molecule has 4 nitrogen and oxygen atoms in total.